The maximum Gasteiger partial charge on any atom is 0.180 e. The van der Waals surface area contributed by atoms with Crippen molar-refractivity contribution in [1.82, 2.24) is 15.0 Å². The molecule has 39 heavy (non-hydrogen) atoms. The lowest BCUT2D eigenvalue weighted by atomic mass is 9.74. The number of aliphatic imine (C=N–C) groups is 1. The van der Waals surface area contributed by atoms with Gasteiger partial charge in [-0.1, -0.05) is 18.7 Å². The number of fused-ring (bicyclic) bond motifs is 1. The molecule has 1 aliphatic rings. The van der Waals surface area contributed by atoms with Gasteiger partial charge in [-0.05, 0) is 32.0 Å². The summed E-state index contributed by atoms with van der Waals surface area (Å²) in [6.07, 6.45) is 5.99. The average Bonchev–Trinajstić information content (AvgIpc) is 3.42. The Morgan fingerprint density at radius 2 is 2.00 bits per heavy atom. The minimum Gasteiger partial charge on any atom is -0.486 e. The van der Waals surface area contributed by atoms with E-state index in [-0.39, 0.29) is 23.3 Å². The van der Waals surface area contributed by atoms with Gasteiger partial charge in [0.25, 0.3) is 0 Å². The summed E-state index contributed by atoms with van der Waals surface area (Å²) >= 11 is 1.37. The minimum absolute atomic E-state index is 0.0832. The standard InChI is InChI=1S/C27H28F2N6O3S/c1-15-26(2,13-36-4)39-25(30)35-27(15,3)20-8-17(9-21(28)22(20)29)34-24-23-16(5-6-31-24)7-19(10-32-23)38-12-18-11-37-14-33-18/h5-11,14-15H,12-13H2,1-4H3,(H2,30,35)(H,31,34)/t15-,26-,27+/m1/s1. The molecule has 4 aromatic rings. The number of nitrogens with two attached hydrogens (primary N) is 1. The van der Waals surface area contributed by atoms with Crippen LogP contribution in [-0.2, 0) is 16.9 Å². The number of ether oxygens (including phenoxy) is 2. The molecule has 0 fully saturated rings. The highest BCUT2D eigenvalue weighted by molar-refractivity contribution is 8.15. The molecule has 0 saturated carbocycles. The Morgan fingerprint density at radius 1 is 1.18 bits per heavy atom. The number of anilines is 2. The molecule has 204 valence electrons. The molecule has 0 spiro atoms. The number of benzene rings is 1. The number of rotatable bonds is 8. The quantitative estimate of drug-likeness (QED) is 0.289. The van der Waals surface area contributed by atoms with Crippen LogP contribution in [0.5, 0.6) is 5.75 Å². The minimum atomic E-state index is -1.15. The van der Waals surface area contributed by atoms with Gasteiger partial charge in [-0.2, -0.15) is 0 Å². The molecular formula is C27H28F2N6O3S. The molecule has 1 aromatic carbocycles. The molecule has 3 aromatic heterocycles. The van der Waals surface area contributed by atoms with Crippen LogP contribution in [0.3, 0.4) is 0 Å². The zero-order valence-corrected chi connectivity index (χ0v) is 22.7. The molecule has 12 heteroatoms. The van der Waals surface area contributed by atoms with Crippen molar-refractivity contribution in [3.8, 4) is 5.75 Å². The van der Waals surface area contributed by atoms with Gasteiger partial charge in [0.05, 0.1) is 18.3 Å². The summed E-state index contributed by atoms with van der Waals surface area (Å²) in [6.45, 7) is 6.28. The van der Waals surface area contributed by atoms with Crippen molar-refractivity contribution in [2.24, 2.45) is 16.6 Å². The maximum absolute atomic E-state index is 15.4. The van der Waals surface area contributed by atoms with Crippen LogP contribution >= 0.6 is 11.8 Å². The van der Waals surface area contributed by atoms with Crippen LogP contribution in [0.4, 0.5) is 20.3 Å². The van der Waals surface area contributed by atoms with Gasteiger partial charge < -0.3 is 24.9 Å². The number of halogens is 2. The van der Waals surface area contributed by atoms with Gasteiger partial charge in [-0.25, -0.2) is 23.7 Å². The zero-order valence-electron chi connectivity index (χ0n) is 21.9. The molecule has 0 unspecified atom stereocenters. The molecule has 0 amide bonds. The highest BCUT2D eigenvalue weighted by Crippen LogP contribution is 2.51. The first-order valence-corrected chi connectivity index (χ1v) is 13.0. The number of methoxy groups -OCH3 is 1. The van der Waals surface area contributed by atoms with E-state index in [4.69, 9.17) is 19.6 Å². The second-order valence-electron chi connectivity index (χ2n) is 9.78. The first kappa shape index (κ1) is 26.8. The van der Waals surface area contributed by atoms with Gasteiger partial charge in [-0.15, -0.1) is 0 Å². The normalized spacial score (nSPS) is 23.0. The van der Waals surface area contributed by atoms with Crippen LogP contribution < -0.4 is 15.8 Å². The van der Waals surface area contributed by atoms with Crippen molar-refractivity contribution < 1.29 is 22.7 Å². The summed E-state index contributed by atoms with van der Waals surface area (Å²) in [5.41, 5.74) is 6.59. The summed E-state index contributed by atoms with van der Waals surface area (Å²) in [7, 11) is 1.60. The highest BCUT2D eigenvalue weighted by atomic mass is 32.2. The lowest BCUT2D eigenvalue weighted by Gasteiger charge is -2.47. The fraction of sp³-hybridized carbons (Fsp3) is 0.333. The summed E-state index contributed by atoms with van der Waals surface area (Å²) in [5.74, 6) is -1.34. The van der Waals surface area contributed by atoms with E-state index in [1.165, 1.54) is 24.4 Å². The molecule has 0 saturated heterocycles. The second kappa shape index (κ2) is 10.4. The number of aromatic nitrogens is 3. The number of oxazole rings is 1. The Kier molecular flexibility index (Phi) is 7.17. The molecule has 9 nitrogen and oxygen atoms in total. The van der Waals surface area contributed by atoms with Gasteiger partial charge in [0.2, 0.25) is 0 Å². The van der Waals surface area contributed by atoms with E-state index >= 15 is 8.78 Å². The SMILES string of the molecule is COC[C@@]1(C)SC(N)=N[C@](C)(c2cc(Nc3nccc4cc(OCc5cocn5)cnc34)cc(F)c2F)[C@@H]1C. The number of amidine groups is 1. The van der Waals surface area contributed by atoms with Crippen molar-refractivity contribution in [2.45, 2.75) is 37.7 Å². The zero-order chi connectivity index (χ0) is 27.8. The first-order chi connectivity index (χ1) is 18.6. The van der Waals surface area contributed by atoms with Crippen molar-refractivity contribution in [3.05, 3.63) is 72.2 Å². The first-order valence-electron chi connectivity index (χ1n) is 12.2. The molecule has 0 bridgehead atoms. The molecule has 3 atom stereocenters. The van der Waals surface area contributed by atoms with E-state index in [0.29, 0.717) is 35.1 Å². The van der Waals surface area contributed by atoms with Crippen molar-refractivity contribution in [1.29, 1.82) is 0 Å². The number of thioether (sulfide) groups is 1. The molecule has 1 aliphatic heterocycles. The molecule has 0 aliphatic carbocycles. The predicted octanol–water partition coefficient (Wildman–Crippen LogP) is 5.54. The third-order valence-corrected chi connectivity index (χ3v) is 8.39. The van der Waals surface area contributed by atoms with Crippen LogP contribution in [0, 0.1) is 17.6 Å². The number of nitrogens with one attached hydrogen (secondary N) is 1. The summed E-state index contributed by atoms with van der Waals surface area (Å²) in [5, 5.41) is 4.13. The smallest absolute Gasteiger partial charge is 0.180 e. The van der Waals surface area contributed by atoms with Crippen LogP contribution in [0.1, 0.15) is 32.0 Å². The van der Waals surface area contributed by atoms with Gasteiger partial charge >= 0.3 is 0 Å². The Hall–Kier alpha value is -3.77. The number of hydrogen-bond acceptors (Lipinski definition) is 10. The number of hydrogen-bond donors (Lipinski definition) is 2. The van der Waals surface area contributed by atoms with Crippen molar-refractivity contribution in [3.63, 3.8) is 0 Å². The molecule has 0 radical (unpaired) electrons. The van der Waals surface area contributed by atoms with E-state index in [2.05, 4.69) is 25.3 Å². The van der Waals surface area contributed by atoms with E-state index < -0.39 is 21.9 Å². The molecule has 3 N–H and O–H groups in total. The Balaban J connectivity index is 1.48. The topological polar surface area (TPSA) is 121 Å². The van der Waals surface area contributed by atoms with E-state index in [9.17, 15) is 0 Å². The number of nitrogens with zero attached hydrogens (tertiary/aromatic N) is 4. The van der Waals surface area contributed by atoms with E-state index in [1.54, 1.807) is 38.6 Å². The Bertz CT molecular complexity index is 1540. The summed E-state index contributed by atoms with van der Waals surface area (Å²) in [4.78, 5) is 17.5. The monoisotopic (exact) mass is 554 g/mol. The van der Waals surface area contributed by atoms with Crippen LogP contribution in [-0.4, -0.2) is 38.6 Å². The third kappa shape index (κ3) is 5.13. The predicted molar refractivity (Wildman–Crippen MR) is 146 cm³/mol. The summed E-state index contributed by atoms with van der Waals surface area (Å²) < 4.78 is 46.0. The Labute approximate surface area is 228 Å². The molecular weight excluding hydrogens is 526 g/mol. The van der Waals surface area contributed by atoms with Crippen LogP contribution in [0.15, 0.2) is 58.7 Å². The van der Waals surface area contributed by atoms with Gasteiger partial charge in [0, 0.05) is 46.7 Å². The second-order valence-corrected chi connectivity index (χ2v) is 11.3. The Morgan fingerprint density at radius 3 is 2.74 bits per heavy atom. The average molecular weight is 555 g/mol. The molecule has 5 rings (SSSR count). The van der Waals surface area contributed by atoms with E-state index in [0.717, 1.165) is 11.5 Å². The van der Waals surface area contributed by atoms with Crippen LogP contribution in [0.25, 0.3) is 10.9 Å². The fourth-order valence-electron chi connectivity index (χ4n) is 4.85. The van der Waals surface area contributed by atoms with Crippen LogP contribution in [0.2, 0.25) is 0 Å². The van der Waals surface area contributed by atoms with Crippen molar-refractivity contribution in [2.75, 3.05) is 19.0 Å². The largest absolute Gasteiger partial charge is 0.486 e. The lowest BCUT2D eigenvalue weighted by molar-refractivity contribution is 0.124. The number of pyridine rings is 2. The summed E-state index contributed by atoms with van der Waals surface area (Å²) in [6, 6.07) is 6.22. The van der Waals surface area contributed by atoms with Gasteiger partial charge in [0.1, 0.15) is 29.8 Å². The maximum atomic E-state index is 15.4. The fourth-order valence-corrected chi connectivity index (χ4v) is 6.14. The van der Waals surface area contributed by atoms with Gasteiger partial charge in [-0.3, -0.25) is 4.99 Å². The van der Waals surface area contributed by atoms with Gasteiger partial charge in [0.15, 0.2) is 29.0 Å². The third-order valence-electron chi connectivity index (χ3n) is 7.15. The lowest BCUT2D eigenvalue weighted by Crippen LogP contribution is -2.50. The van der Waals surface area contributed by atoms with Crippen molar-refractivity contribution >= 4 is 39.3 Å². The van der Waals surface area contributed by atoms with E-state index in [1.807, 2.05) is 19.9 Å². The highest BCUT2D eigenvalue weighted by Gasteiger charge is 2.50. The molecule has 4 heterocycles.